The summed E-state index contributed by atoms with van der Waals surface area (Å²) in [6.07, 6.45) is 1.09. The molecule has 25 heavy (non-hydrogen) atoms. The quantitative estimate of drug-likeness (QED) is 0.834. The maximum Gasteiger partial charge on any atom is 0.315 e. The van der Waals surface area contributed by atoms with E-state index in [0.29, 0.717) is 25.0 Å². The molecule has 2 atom stereocenters. The Balaban J connectivity index is 2.10. The standard InChI is InChI=1S/C20H26O5/c1-18(2,17(22)24-5)12-6-7-14-15-11-13(21)8-9-20(15,23)19(3,4)25-16(14)10-12/h6-7,10,15,23H,8-9,11H2,1-5H3/t15-,20-/m1/s1. The maximum atomic E-state index is 12.1. The fourth-order valence-electron chi connectivity index (χ4n) is 4.13. The van der Waals surface area contributed by atoms with Crippen molar-refractivity contribution in [1.29, 1.82) is 0 Å². The van der Waals surface area contributed by atoms with Gasteiger partial charge in [-0.25, -0.2) is 0 Å². The van der Waals surface area contributed by atoms with Crippen molar-refractivity contribution in [2.24, 2.45) is 0 Å². The van der Waals surface area contributed by atoms with Crippen LogP contribution in [0, 0.1) is 0 Å². The number of ether oxygens (including phenoxy) is 2. The summed E-state index contributed by atoms with van der Waals surface area (Å²) in [7, 11) is 1.37. The van der Waals surface area contributed by atoms with Crippen molar-refractivity contribution in [3.8, 4) is 5.75 Å². The fourth-order valence-corrected chi connectivity index (χ4v) is 4.13. The summed E-state index contributed by atoms with van der Waals surface area (Å²) in [5.41, 5.74) is -1.10. The third-order valence-electron chi connectivity index (χ3n) is 6.01. The molecule has 1 saturated carbocycles. The second kappa shape index (κ2) is 5.56. The molecule has 1 aliphatic carbocycles. The summed E-state index contributed by atoms with van der Waals surface area (Å²) in [6, 6.07) is 5.57. The molecule has 0 amide bonds. The lowest BCUT2D eigenvalue weighted by atomic mass is 9.62. The summed E-state index contributed by atoms with van der Waals surface area (Å²) >= 11 is 0. The van der Waals surface area contributed by atoms with Crippen LogP contribution in [0.25, 0.3) is 0 Å². The third kappa shape index (κ3) is 2.56. The van der Waals surface area contributed by atoms with Crippen LogP contribution in [0.1, 0.15) is 64.0 Å². The number of hydrogen-bond acceptors (Lipinski definition) is 5. The molecule has 1 fully saturated rings. The van der Waals surface area contributed by atoms with E-state index in [-0.39, 0.29) is 17.7 Å². The van der Waals surface area contributed by atoms with Crippen LogP contribution < -0.4 is 4.74 Å². The number of carbonyl (C=O) groups is 2. The third-order valence-corrected chi connectivity index (χ3v) is 6.01. The predicted octanol–water partition coefficient (Wildman–Crippen LogP) is 2.88. The van der Waals surface area contributed by atoms with E-state index >= 15 is 0 Å². The fraction of sp³-hybridized carbons (Fsp3) is 0.600. The van der Waals surface area contributed by atoms with E-state index in [0.717, 1.165) is 11.1 Å². The van der Waals surface area contributed by atoms with Crippen LogP contribution in [0.5, 0.6) is 5.75 Å². The number of rotatable bonds is 2. The molecule has 0 unspecified atom stereocenters. The minimum Gasteiger partial charge on any atom is -0.485 e. The average Bonchev–Trinajstić information content (AvgIpc) is 2.55. The van der Waals surface area contributed by atoms with Gasteiger partial charge in [0.15, 0.2) is 0 Å². The number of methoxy groups -OCH3 is 1. The Morgan fingerprint density at radius 3 is 2.68 bits per heavy atom. The Morgan fingerprint density at radius 2 is 2.04 bits per heavy atom. The molecule has 5 nitrogen and oxygen atoms in total. The summed E-state index contributed by atoms with van der Waals surface area (Å²) in [5, 5.41) is 11.3. The Hall–Kier alpha value is -1.88. The van der Waals surface area contributed by atoms with Crippen LogP contribution in [0.2, 0.25) is 0 Å². The van der Waals surface area contributed by atoms with E-state index in [1.807, 2.05) is 32.0 Å². The van der Waals surface area contributed by atoms with Gasteiger partial charge in [-0.2, -0.15) is 0 Å². The number of benzene rings is 1. The van der Waals surface area contributed by atoms with Crippen molar-refractivity contribution < 1.29 is 24.2 Å². The van der Waals surface area contributed by atoms with Gasteiger partial charge in [-0.1, -0.05) is 12.1 Å². The van der Waals surface area contributed by atoms with Crippen molar-refractivity contribution in [2.75, 3.05) is 7.11 Å². The second-order valence-corrected chi connectivity index (χ2v) is 8.20. The summed E-state index contributed by atoms with van der Waals surface area (Å²) in [6.45, 7) is 7.32. The molecule has 1 aliphatic heterocycles. The smallest absolute Gasteiger partial charge is 0.315 e. The summed E-state index contributed by atoms with van der Waals surface area (Å²) < 4.78 is 11.1. The number of ketones is 1. The van der Waals surface area contributed by atoms with Gasteiger partial charge in [0, 0.05) is 24.3 Å². The molecular formula is C20H26O5. The largest absolute Gasteiger partial charge is 0.485 e. The highest BCUT2D eigenvalue weighted by molar-refractivity contribution is 5.83. The molecule has 0 spiro atoms. The van der Waals surface area contributed by atoms with Crippen LogP contribution >= 0.6 is 0 Å². The van der Waals surface area contributed by atoms with E-state index < -0.39 is 16.6 Å². The molecule has 1 N–H and O–H groups in total. The number of carbonyl (C=O) groups excluding carboxylic acids is 2. The molecule has 0 aromatic heterocycles. The highest BCUT2D eigenvalue weighted by atomic mass is 16.5. The molecule has 0 radical (unpaired) electrons. The molecular weight excluding hydrogens is 320 g/mol. The van der Waals surface area contributed by atoms with Crippen molar-refractivity contribution >= 4 is 11.8 Å². The first kappa shape index (κ1) is 17.9. The molecule has 0 bridgehead atoms. The van der Waals surface area contributed by atoms with E-state index in [1.165, 1.54) is 7.11 Å². The van der Waals surface area contributed by atoms with Crippen LogP contribution in [0.4, 0.5) is 0 Å². The molecule has 1 aromatic rings. The Kier molecular flexibility index (Phi) is 3.99. The molecule has 2 aliphatic rings. The van der Waals surface area contributed by atoms with Gasteiger partial charge in [0.25, 0.3) is 0 Å². The van der Waals surface area contributed by atoms with E-state index in [9.17, 15) is 14.7 Å². The lowest BCUT2D eigenvalue weighted by Gasteiger charge is -2.53. The van der Waals surface area contributed by atoms with Gasteiger partial charge in [-0.05, 0) is 45.7 Å². The van der Waals surface area contributed by atoms with Crippen molar-refractivity contribution in [3.63, 3.8) is 0 Å². The zero-order valence-electron chi connectivity index (χ0n) is 15.5. The maximum absolute atomic E-state index is 12.1. The number of esters is 1. The Bertz CT molecular complexity index is 734. The van der Waals surface area contributed by atoms with Crippen LogP contribution in [0.3, 0.4) is 0 Å². The van der Waals surface area contributed by atoms with E-state index in [4.69, 9.17) is 9.47 Å². The molecule has 3 rings (SSSR count). The highest BCUT2D eigenvalue weighted by Crippen LogP contribution is 2.53. The molecule has 136 valence electrons. The number of Topliss-reactive ketones (excluding diaryl/α,β-unsaturated/α-hetero) is 1. The van der Waals surface area contributed by atoms with Gasteiger partial charge in [0.05, 0.1) is 12.5 Å². The lowest BCUT2D eigenvalue weighted by molar-refractivity contribution is -0.166. The zero-order chi connectivity index (χ0) is 18.6. The normalized spacial score (nSPS) is 27.8. The second-order valence-electron chi connectivity index (χ2n) is 8.20. The minimum absolute atomic E-state index is 0.164. The molecule has 0 saturated heterocycles. The number of fused-ring (bicyclic) bond motifs is 3. The lowest BCUT2D eigenvalue weighted by Crippen LogP contribution is -2.62. The first-order chi connectivity index (χ1) is 11.5. The first-order valence-electron chi connectivity index (χ1n) is 8.69. The molecule has 5 heteroatoms. The van der Waals surface area contributed by atoms with Crippen molar-refractivity contribution in [3.05, 3.63) is 29.3 Å². The average molecular weight is 346 g/mol. The van der Waals surface area contributed by atoms with E-state index in [1.54, 1.807) is 13.8 Å². The van der Waals surface area contributed by atoms with Crippen LogP contribution in [-0.2, 0) is 19.7 Å². The van der Waals surface area contributed by atoms with Gasteiger partial charge >= 0.3 is 5.97 Å². The predicted molar refractivity (Wildman–Crippen MR) is 92.7 cm³/mol. The van der Waals surface area contributed by atoms with Gasteiger partial charge < -0.3 is 14.6 Å². The van der Waals surface area contributed by atoms with Gasteiger partial charge in [-0.15, -0.1) is 0 Å². The Labute approximate surface area is 148 Å². The molecule has 1 aromatic carbocycles. The summed E-state index contributed by atoms with van der Waals surface area (Å²) in [4.78, 5) is 24.1. The first-order valence-corrected chi connectivity index (χ1v) is 8.69. The van der Waals surface area contributed by atoms with E-state index in [2.05, 4.69) is 0 Å². The molecule has 1 heterocycles. The number of aliphatic hydroxyl groups is 1. The highest BCUT2D eigenvalue weighted by Gasteiger charge is 2.57. The van der Waals surface area contributed by atoms with Gasteiger partial charge in [-0.3, -0.25) is 9.59 Å². The SMILES string of the molecule is COC(=O)C(C)(C)c1ccc2c(c1)OC(C)(C)[C@@]1(O)CCC(=O)C[C@H]21. The van der Waals surface area contributed by atoms with Crippen molar-refractivity contribution in [2.45, 2.75) is 69.5 Å². The number of hydrogen-bond donors (Lipinski definition) is 1. The minimum atomic E-state index is -1.08. The van der Waals surface area contributed by atoms with Gasteiger partial charge in [0.1, 0.15) is 22.7 Å². The zero-order valence-corrected chi connectivity index (χ0v) is 15.5. The van der Waals surface area contributed by atoms with Gasteiger partial charge in [0.2, 0.25) is 0 Å². The summed E-state index contributed by atoms with van der Waals surface area (Å²) in [5.74, 6) is 0.177. The van der Waals surface area contributed by atoms with Crippen LogP contribution in [0.15, 0.2) is 18.2 Å². The van der Waals surface area contributed by atoms with Crippen molar-refractivity contribution in [1.82, 2.24) is 0 Å². The topological polar surface area (TPSA) is 72.8 Å². The van der Waals surface area contributed by atoms with Crippen LogP contribution in [-0.4, -0.2) is 35.2 Å². The monoisotopic (exact) mass is 346 g/mol. The Morgan fingerprint density at radius 1 is 1.36 bits per heavy atom.